The molecule has 0 bridgehead atoms. The SMILES string of the molecule is CCCC[C@H]1CC(=O)O1. The number of cyclic esters (lactones) is 1. The van der Waals surface area contributed by atoms with Crippen molar-refractivity contribution in [2.75, 3.05) is 0 Å². The lowest BCUT2D eigenvalue weighted by Gasteiger charge is -2.24. The van der Waals surface area contributed by atoms with Crippen LogP contribution in [0.25, 0.3) is 0 Å². The third kappa shape index (κ3) is 1.70. The summed E-state index contributed by atoms with van der Waals surface area (Å²) in [6.07, 6.45) is 4.34. The number of hydrogen-bond donors (Lipinski definition) is 0. The molecular weight excluding hydrogens is 116 g/mol. The van der Waals surface area contributed by atoms with Crippen molar-refractivity contribution in [1.82, 2.24) is 0 Å². The first-order valence-electron chi connectivity index (χ1n) is 3.52. The minimum absolute atomic E-state index is 0.0314. The zero-order valence-electron chi connectivity index (χ0n) is 5.72. The second-order valence-electron chi connectivity index (χ2n) is 2.46. The second kappa shape index (κ2) is 2.85. The lowest BCUT2D eigenvalue weighted by molar-refractivity contribution is -0.169. The summed E-state index contributed by atoms with van der Waals surface area (Å²) < 4.78 is 4.80. The van der Waals surface area contributed by atoms with Crippen molar-refractivity contribution < 1.29 is 9.53 Å². The molecule has 0 aromatic carbocycles. The van der Waals surface area contributed by atoms with Crippen LogP contribution in [0.4, 0.5) is 0 Å². The molecule has 0 aromatic heterocycles. The zero-order chi connectivity index (χ0) is 6.69. The highest BCUT2D eigenvalue weighted by atomic mass is 16.6. The van der Waals surface area contributed by atoms with Gasteiger partial charge in [0.05, 0.1) is 6.42 Å². The third-order valence-corrected chi connectivity index (χ3v) is 1.57. The van der Waals surface area contributed by atoms with Crippen molar-refractivity contribution in [3.8, 4) is 0 Å². The fourth-order valence-electron chi connectivity index (χ4n) is 0.955. The van der Waals surface area contributed by atoms with E-state index in [2.05, 4.69) is 6.92 Å². The van der Waals surface area contributed by atoms with Gasteiger partial charge < -0.3 is 4.74 Å². The van der Waals surface area contributed by atoms with Gasteiger partial charge in [-0.25, -0.2) is 0 Å². The van der Waals surface area contributed by atoms with Crippen molar-refractivity contribution in [3.05, 3.63) is 0 Å². The van der Waals surface area contributed by atoms with E-state index in [0.29, 0.717) is 6.42 Å². The van der Waals surface area contributed by atoms with Crippen LogP contribution in [0.15, 0.2) is 0 Å². The molecule has 1 rings (SSSR count). The summed E-state index contributed by atoms with van der Waals surface area (Å²) in [6, 6.07) is 0. The quantitative estimate of drug-likeness (QED) is 0.538. The van der Waals surface area contributed by atoms with Gasteiger partial charge in [0.1, 0.15) is 6.10 Å². The molecule has 2 heteroatoms. The summed E-state index contributed by atoms with van der Waals surface area (Å²) in [5, 5.41) is 0. The molecule has 0 aliphatic carbocycles. The van der Waals surface area contributed by atoms with Crippen LogP contribution in [0.2, 0.25) is 0 Å². The van der Waals surface area contributed by atoms with E-state index in [1.165, 1.54) is 12.8 Å². The molecule has 0 unspecified atom stereocenters. The minimum atomic E-state index is -0.0314. The highest BCUT2D eigenvalue weighted by Gasteiger charge is 2.26. The summed E-state index contributed by atoms with van der Waals surface area (Å²) in [5.74, 6) is -0.0314. The molecule has 0 radical (unpaired) electrons. The summed E-state index contributed by atoms with van der Waals surface area (Å²) in [7, 11) is 0. The van der Waals surface area contributed by atoms with Gasteiger partial charge in [-0.1, -0.05) is 19.8 Å². The van der Waals surface area contributed by atoms with Crippen LogP contribution in [0.3, 0.4) is 0 Å². The molecular formula is C7H12O2. The second-order valence-corrected chi connectivity index (χ2v) is 2.46. The van der Waals surface area contributed by atoms with E-state index in [1.54, 1.807) is 0 Å². The highest BCUT2D eigenvalue weighted by molar-refractivity contribution is 5.75. The first kappa shape index (κ1) is 6.59. The molecule has 0 amide bonds. The van der Waals surface area contributed by atoms with Crippen LogP contribution < -0.4 is 0 Å². The normalized spacial score (nSPS) is 25.0. The maximum atomic E-state index is 10.3. The van der Waals surface area contributed by atoms with E-state index in [1.807, 2.05) is 0 Å². The number of esters is 1. The van der Waals surface area contributed by atoms with Crippen molar-refractivity contribution >= 4 is 5.97 Å². The maximum Gasteiger partial charge on any atom is 0.309 e. The van der Waals surface area contributed by atoms with Gasteiger partial charge in [-0.15, -0.1) is 0 Å². The first-order valence-corrected chi connectivity index (χ1v) is 3.52. The van der Waals surface area contributed by atoms with E-state index in [9.17, 15) is 4.79 Å². The molecule has 0 spiro atoms. The molecule has 1 fully saturated rings. The fraction of sp³-hybridized carbons (Fsp3) is 0.857. The first-order chi connectivity index (χ1) is 4.33. The van der Waals surface area contributed by atoms with Crippen molar-refractivity contribution in [3.63, 3.8) is 0 Å². The van der Waals surface area contributed by atoms with Gasteiger partial charge in [0.25, 0.3) is 0 Å². The smallest absolute Gasteiger partial charge is 0.309 e. The highest BCUT2D eigenvalue weighted by Crippen LogP contribution is 2.18. The van der Waals surface area contributed by atoms with Crippen LogP contribution in [0, 0.1) is 0 Å². The zero-order valence-corrected chi connectivity index (χ0v) is 5.72. The predicted molar refractivity (Wildman–Crippen MR) is 34.0 cm³/mol. The van der Waals surface area contributed by atoms with Gasteiger partial charge in [-0.05, 0) is 6.42 Å². The molecule has 2 nitrogen and oxygen atoms in total. The lowest BCUT2D eigenvalue weighted by Crippen LogP contribution is -2.32. The standard InChI is InChI=1S/C7H12O2/c1-2-3-4-6-5-7(8)9-6/h6H,2-5H2,1H3/t6-/m0/s1. The Bertz CT molecular complexity index is 101. The Balaban J connectivity index is 1.97. The van der Waals surface area contributed by atoms with Crippen LogP contribution in [0.5, 0.6) is 0 Å². The van der Waals surface area contributed by atoms with Gasteiger partial charge in [-0.3, -0.25) is 4.79 Å². The fourth-order valence-corrected chi connectivity index (χ4v) is 0.955. The number of unbranched alkanes of at least 4 members (excludes halogenated alkanes) is 1. The average Bonchev–Trinajstić information content (AvgIpc) is 1.78. The monoisotopic (exact) mass is 128 g/mol. The molecule has 1 heterocycles. The predicted octanol–water partition coefficient (Wildman–Crippen LogP) is 1.49. The lowest BCUT2D eigenvalue weighted by atomic mass is 10.1. The topological polar surface area (TPSA) is 26.3 Å². The molecule has 0 N–H and O–H groups in total. The Hall–Kier alpha value is -0.530. The number of carbonyl (C=O) groups excluding carboxylic acids is 1. The van der Waals surface area contributed by atoms with Gasteiger partial charge >= 0.3 is 5.97 Å². The molecule has 0 saturated carbocycles. The molecule has 1 aliphatic heterocycles. The van der Waals surface area contributed by atoms with E-state index in [4.69, 9.17) is 4.74 Å². The minimum Gasteiger partial charge on any atom is -0.462 e. The Labute approximate surface area is 55.2 Å². The van der Waals surface area contributed by atoms with Gasteiger partial charge in [-0.2, -0.15) is 0 Å². The van der Waals surface area contributed by atoms with Gasteiger partial charge in [0.15, 0.2) is 0 Å². The summed E-state index contributed by atoms with van der Waals surface area (Å²) >= 11 is 0. The summed E-state index contributed by atoms with van der Waals surface area (Å²) in [4.78, 5) is 10.3. The Morgan fingerprint density at radius 3 is 2.89 bits per heavy atom. The van der Waals surface area contributed by atoms with Crippen LogP contribution >= 0.6 is 0 Å². The van der Waals surface area contributed by atoms with Crippen LogP contribution in [-0.4, -0.2) is 12.1 Å². The van der Waals surface area contributed by atoms with Crippen LogP contribution in [-0.2, 0) is 9.53 Å². The molecule has 1 saturated heterocycles. The molecule has 52 valence electrons. The van der Waals surface area contributed by atoms with E-state index in [0.717, 1.165) is 6.42 Å². The van der Waals surface area contributed by atoms with E-state index in [-0.39, 0.29) is 12.1 Å². The largest absolute Gasteiger partial charge is 0.462 e. The van der Waals surface area contributed by atoms with Crippen molar-refractivity contribution in [1.29, 1.82) is 0 Å². The van der Waals surface area contributed by atoms with Crippen molar-refractivity contribution in [2.24, 2.45) is 0 Å². The van der Waals surface area contributed by atoms with Gasteiger partial charge in [0, 0.05) is 0 Å². The average molecular weight is 128 g/mol. The van der Waals surface area contributed by atoms with E-state index < -0.39 is 0 Å². The summed E-state index contributed by atoms with van der Waals surface area (Å²) in [6.45, 7) is 2.14. The van der Waals surface area contributed by atoms with Gasteiger partial charge in [0.2, 0.25) is 0 Å². The third-order valence-electron chi connectivity index (χ3n) is 1.57. The van der Waals surface area contributed by atoms with E-state index >= 15 is 0 Å². The Kier molecular flexibility index (Phi) is 2.09. The number of rotatable bonds is 3. The molecule has 1 atom stereocenters. The Morgan fingerprint density at radius 1 is 1.78 bits per heavy atom. The maximum absolute atomic E-state index is 10.3. The number of carbonyl (C=O) groups is 1. The molecule has 1 aliphatic rings. The summed E-state index contributed by atoms with van der Waals surface area (Å²) in [5.41, 5.74) is 0. The number of hydrogen-bond acceptors (Lipinski definition) is 2. The number of ether oxygens (including phenoxy) is 1. The van der Waals surface area contributed by atoms with Crippen LogP contribution in [0.1, 0.15) is 32.6 Å². The molecule has 0 aromatic rings. The van der Waals surface area contributed by atoms with Crippen molar-refractivity contribution in [2.45, 2.75) is 38.7 Å². The Morgan fingerprint density at radius 2 is 2.44 bits per heavy atom. The molecule has 9 heavy (non-hydrogen) atoms.